The standard InChI is InChI=1S/C25H17Cl2N3O4/c1-33-18-6-7-21-22(11-18)30-24(29-21)17(12-28)8-15-9-19(26)23(20(27)10-15)34-13-14-2-4-16(5-3-14)25(31)32/h2-11H,13H2,1H3,(H,29,30)(H,31,32). The van der Waals surface area contributed by atoms with Crippen LogP contribution in [0.3, 0.4) is 0 Å². The number of H-pyrrole nitrogens is 1. The molecule has 0 amide bonds. The molecule has 0 saturated carbocycles. The Kier molecular flexibility index (Phi) is 6.73. The molecule has 4 rings (SSSR count). The summed E-state index contributed by atoms with van der Waals surface area (Å²) in [5.41, 5.74) is 3.29. The van der Waals surface area contributed by atoms with Crippen LogP contribution >= 0.6 is 23.2 Å². The third-order valence-corrected chi connectivity index (χ3v) is 5.54. The number of nitriles is 1. The summed E-state index contributed by atoms with van der Waals surface area (Å²) in [5, 5.41) is 19.2. The molecule has 0 aliphatic carbocycles. The van der Waals surface area contributed by atoms with Crippen molar-refractivity contribution >= 4 is 51.9 Å². The molecule has 0 aliphatic heterocycles. The van der Waals surface area contributed by atoms with Gasteiger partial charge in [0.15, 0.2) is 5.75 Å². The van der Waals surface area contributed by atoms with E-state index in [-0.39, 0.29) is 28.0 Å². The van der Waals surface area contributed by atoms with Crippen LogP contribution in [0.5, 0.6) is 11.5 Å². The Morgan fingerprint density at radius 2 is 1.85 bits per heavy atom. The molecule has 2 N–H and O–H groups in total. The minimum atomic E-state index is -0.999. The molecule has 170 valence electrons. The van der Waals surface area contributed by atoms with Crippen molar-refractivity contribution in [1.29, 1.82) is 5.26 Å². The summed E-state index contributed by atoms with van der Waals surface area (Å²) < 4.78 is 11.0. The number of carbonyl (C=O) groups is 1. The van der Waals surface area contributed by atoms with E-state index in [0.717, 1.165) is 11.1 Å². The largest absolute Gasteiger partial charge is 0.497 e. The number of hydrogen-bond acceptors (Lipinski definition) is 5. The topological polar surface area (TPSA) is 108 Å². The van der Waals surface area contributed by atoms with Crippen molar-refractivity contribution in [3.8, 4) is 17.6 Å². The average molecular weight is 494 g/mol. The molecule has 0 atom stereocenters. The normalized spacial score (nSPS) is 11.3. The number of carboxylic acids is 1. The SMILES string of the molecule is COc1ccc2nc(C(C#N)=Cc3cc(Cl)c(OCc4ccc(C(=O)O)cc4)c(Cl)c3)[nH]c2c1. The number of rotatable bonds is 7. The number of allylic oxidation sites excluding steroid dienone is 1. The number of carboxylic acid groups (broad SMARTS) is 1. The van der Waals surface area contributed by atoms with E-state index in [1.807, 2.05) is 0 Å². The van der Waals surface area contributed by atoms with Crippen molar-refractivity contribution in [2.75, 3.05) is 7.11 Å². The number of ether oxygens (including phenoxy) is 2. The summed E-state index contributed by atoms with van der Waals surface area (Å²) in [7, 11) is 1.58. The van der Waals surface area contributed by atoms with Crippen LogP contribution < -0.4 is 9.47 Å². The molecule has 0 fully saturated rings. The number of methoxy groups -OCH3 is 1. The van der Waals surface area contributed by atoms with E-state index in [9.17, 15) is 10.1 Å². The predicted molar refractivity (Wildman–Crippen MR) is 130 cm³/mol. The predicted octanol–water partition coefficient (Wildman–Crippen LogP) is 6.22. The van der Waals surface area contributed by atoms with Gasteiger partial charge in [0.2, 0.25) is 0 Å². The maximum atomic E-state index is 11.0. The highest BCUT2D eigenvalue weighted by molar-refractivity contribution is 6.37. The lowest BCUT2D eigenvalue weighted by molar-refractivity contribution is 0.0697. The monoisotopic (exact) mass is 493 g/mol. The summed E-state index contributed by atoms with van der Waals surface area (Å²) in [5.74, 6) is 0.374. The van der Waals surface area contributed by atoms with Gasteiger partial charge in [-0.1, -0.05) is 35.3 Å². The molecular formula is C25H17Cl2N3O4. The number of imidazole rings is 1. The summed E-state index contributed by atoms with van der Waals surface area (Å²) in [4.78, 5) is 18.6. The third kappa shape index (κ3) is 4.99. The second kappa shape index (κ2) is 9.87. The van der Waals surface area contributed by atoms with Gasteiger partial charge < -0.3 is 19.6 Å². The molecule has 4 aromatic rings. The second-order valence-electron chi connectivity index (χ2n) is 7.24. The van der Waals surface area contributed by atoms with Crippen LogP contribution in [0.4, 0.5) is 0 Å². The number of nitrogens with one attached hydrogen (secondary N) is 1. The zero-order valence-corrected chi connectivity index (χ0v) is 19.3. The van der Waals surface area contributed by atoms with Gasteiger partial charge in [0.25, 0.3) is 0 Å². The lowest BCUT2D eigenvalue weighted by Gasteiger charge is -2.11. The van der Waals surface area contributed by atoms with Crippen molar-refractivity contribution in [2.45, 2.75) is 6.61 Å². The van der Waals surface area contributed by atoms with Crippen molar-refractivity contribution < 1.29 is 19.4 Å². The summed E-state index contributed by atoms with van der Waals surface area (Å²) in [6.07, 6.45) is 1.63. The van der Waals surface area contributed by atoms with Crippen LogP contribution in [0.2, 0.25) is 10.0 Å². The van der Waals surface area contributed by atoms with Crippen LogP contribution in [0.1, 0.15) is 27.3 Å². The first-order chi connectivity index (χ1) is 16.4. The van der Waals surface area contributed by atoms with Gasteiger partial charge in [-0.05, 0) is 53.6 Å². The molecule has 0 saturated heterocycles. The molecule has 9 heteroatoms. The molecule has 1 aromatic heterocycles. The van der Waals surface area contributed by atoms with Crippen LogP contribution in [0.15, 0.2) is 54.6 Å². The summed E-state index contributed by atoms with van der Waals surface area (Å²) in [6.45, 7) is 0.153. The van der Waals surface area contributed by atoms with Crippen molar-refractivity contribution in [3.05, 3.63) is 87.2 Å². The molecule has 0 radical (unpaired) electrons. The number of aromatic amines is 1. The van der Waals surface area contributed by atoms with Crippen LogP contribution in [0, 0.1) is 11.3 Å². The average Bonchev–Trinajstić information content (AvgIpc) is 3.25. The van der Waals surface area contributed by atoms with E-state index in [1.54, 1.807) is 55.7 Å². The van der Waals surface area contributed by atoms with Gasteiger partial charge in [0.1, 0.15) is 24.3 Å². The molecule has 34 heavy (non-hydrogen) atoms. The van der Waals surface area contributed by atoms with Gasteiger partial charge in [-0.3, -0.25) is 0 Å². The second-order valence-corrected chi connectivity index (χ2v) is 8.06. The Bertz CT molecular complexity index is 1430. The highest BCUT2D eigenvalue weighted by Crippen LogP contribution is 2.36. The van der Waals surface area contributed by atoms with E-state index in [4.69, 9.17) is 37.8 Å². The maximum Gasteiger partial charge on any atom is 0.335 e. The molecule has 0 aliphatic rings. The number of aromatic carboxylic acids is 1. The number of halogens is 2. The molecule has 3 aromatic carbocycles. The van der Waals surface area contributed by atoms with Gasteiger partial charge in [0.05, 0.1) is 39.3 Å². The Morgan fingerprint density at radius 3 is 2.47 bits per heavy atom. The molecule has 1 heterocycles. The smallest absolute Gasteiger partial charge is 0.335 e. The highest BCUT2D eigenvalue weighted by atomic mass is 35.5. The van der Waals surface area contributed by atoms with Gasteiger partial charge >= 0.3 is 5.97 Å². The van der Waals surface area contributed by atoms with E-state index >= 15 is 0 Å². The van der Waals surface area contributed by atoms with Crippen LogP contribution in [-0.4, -0.2) is 28.2 Å². The minimum absolute atomic E-state index is 0.153. The number of hydrogen-bond donors (Lipinski definition) is 2. The fraction of sp³-hybridized carbons (Fsp3) is 0.0800. The van der Waals surface area contributed by atoms with Crippen molar-refractivity contribution in [3.63, 3.8) is 0 Å². The quantitative estimate of drug-likeness (QED) is 0.296. The van der Waals surface area contributed by atoms with Crippen molar-refractivity contribution in [1.82, 2.24) is 9.97 Å². The van der Waals surface area contributed by atoms with Gasteiger partial charge in [0, 0.05) is 6.07 Å². The van der Waals surface area contributed by atoms with Gasteiger partial charge in [-0.25, -0.2) is 9.78 Å². The first-order valence-electron chi connectivity index (χ1n) is 9.98. The first-order valence-corrected chi connectivity index (χ1v) is 10.7. The maximum absolute atomic E-state index is 11.0. The lowest BCUT2D eigenvalue weighted by atomic mass is 10.1. The molecule has 7 nitrogen and oxygen atoms in total. The van der Waals surface area contributed by atoms with E-state index in [0.29, 0.717) is 28.2 Å². The lowest BCUT2D eigenvalue weighted by Crippen LogP contribution is -1.99. The Balaban J connectivity index is 1.56. The first kappa shape index (κ1) is 23.2. The number of benzene rings is 3. The zero-order chi connectivity index (χ0) is 24.2. The fourth-order valence-electron chi connectivity index (χ4n) is 3.26. The molecule has 0 bridgehead atoms. The molecule has 0 spiro atoms. The Hall–Kier alpha value is -3.99. The van der Waals surface area contributed by atoms with E-state index < -0.39 is 5.97 Å². The highest BCUT2D eigenvalue weighted by Gasteiger charge is 2.13. The minimum Gasteiger partial charge on any atom is -0.497 e. The summed E-state index contributed by atoms with van der Waals surface area (Å²) >= 11 is 12.8. The third-order valence-electron chi connectivity index (χ3n) is 4.98. The molecule has 0 unspecified atom stereocenters. The van der Waals surface area contributed by atoms with Crippen LogP contribution in [-0.2, 0) is 6.61 Å². The van der Waals surface area contributed by atoms with Gasteiger partial charge in [-0.15, -0.1) is 0 Å². The Labute approximate surface area is 204 Å². The van der Waals surface area contributed by atoms with Crippen LogP contribution in [0.25, 0.3) is 22.7 Å². The van der Waals surface area contributed by atoms with Gasteiger partial charge in [-0.2, -0.15) is 5.26 Å². The number of nitrogens with zero attached hydrogens (tertiary/aromatic N) is 2. The van der Waals surface area contributed by atoms with Crippen molar-refractivity contribution in [2.24, 2.45) is 0 Å². The zero-order valence-electron chi connectivity index (χ0n) is 17.8. The van der Waals surface area contributed by atoms with E-state index in [2.05, 4.69) is 16.0 Å². The fourth-order valence-corrected chi connectivity index (χ4v) is 3.88. The summed E-state index contributed by atoms with van der Waals surface area (Å²) in [6, 6.07) is 17.1. The number of fused-ring (bicyclic) bond motifs is 1. The molecular weight excluding hydrogens is 477 g/mol. The Morgan fingerprint density at radius 1 is 1.15 bits per heavy atom. The van der Waals surface area contributed by atoms with E-state index in [1.165, 1.54) is 12.1 Å². The number of aromatic nitrogens is 2.